The number of carbonyl (C=O) groups is 1. The Hall–Kier alpha value is -2.56. The zero-order chi connectivity index (χ0) is 17.8. The van der Waals surface area contributed by atoms with Gasteiger partial charge in [-0.1, -0.05) is 47.5 Å². The summed E-state index contributed by atoms with van der Waals surface area (Å²) in [6.45, 7) is 0. The minimum atomic E-state index is -0.507. The molecule has 25 heavy (non-hydrogen) atoms. The maximum Gasteiger partial charge on any atom is 0.363 e. The SMILES string of the molecule is COc1ccc(/C=C2N=C(/C=C/c3cccc(Cl)c3Cl)OC\2=O)cc1. The molecule has 0 atom stereocenters. The second-order valence-electron chi connectivity index (χ2n) is 5.12. The number of benzene rings is 2. The lowest BCUT2D eigenvalue weighted by Crippen LogP contribution is -2.01. The van der Waals surface area contributed by atoms with Crippen molar-refractivity contribution in [3.8, 4) is 5.75 Å². The highest BCUT2D eigenvalue weighted by atomic mass is 35.5. The predicted octanol–water partition coefficient (Wildman–Crippen LogP) is 5.01. The number of carbonyl (C=O) groups excluding carboxylic acids is 1. The molecule has 1 aliphatic heterocycles. The smallest absolute Gasteiger partial charge is 0.363 e. The van der Waals surface area contributed by atoms with E-state index in [1.807, 2.05) is 12.1 Å². The molecule has 2 aromatic rings. The summed E-state index contributed by atoms with van der Waals surface area (Å²) in [5.74, 6) is 0.426. The molecule has 0 amide bonds. The van der Waals surface area contributed by atoms with Crippen molar-refractivity contribution in [1.29, 1.82) is 0 Å². The molecule has 0 unspecified atom stereocenters. The molecule has 1 heterocycles. The number of halogens is 2. The number of nitrogens with zero attached hydrogens (tertiary/aromatic N) is 1. The van der Waals surface area contributed by atoms with Crippen LogP contribution in [0.2, 0.25) is 10.0 Å². The van der Waals surface area contributed by atoms with E-state index in [1.54, 1.807) is 55.7 Å². The van der Waals surface area contributed by atoms with E-state index in [4.69, 9.17) is 32.7 Å². The van der Waals surface area contributed by atoms with Gasteiger partial charge in [0.25, 0.3) is 0 Å². The van der Waals surface area contributed by atoms with E-state index in [2.05, 4.69) is 4.99 Å². The quantitative estimate of drug-likeness (QED) is 0.558. The fourth-order valence-corrected chi connectivity index (χ4v) is 2.54. The number of ether oxygens (including phenoxy) is 2. The van der Waals surface area contributed by atoms with Gasteiger partial charge in [0.1, 0.15) is 5.75 Å². The molecular formula is C19H13Cl2NO3. The highest BCUT2D eigenvalue weighted by Gasteiger charge is 2.21. The van der Waals surface area contributed by atoms with Gasteiger partial charge in [0.05, 0.1) is 17.2 Å². The molecule has 0 saturated carbocycles. The Morgan fingerprint density at radius 2 is 1.84 bits per heavy atom. The third kappa shape index (κ3) is 4.10. The molecule has 2 aromatic carbocycles. The van der Waals surface area contributed by atoms with Crippen LogP contribution in [0.1, 0.15) is 11.1 Å². The monoisotopic (exact) mass is 373 g/mol. The second kappa shape index (κ2) is 7.55. The highest BCUT2D eigenvalue weighted by Crippen LogP contribution is 2.26. The fraction of sp³-hybridized carbons (Fsp3) is 0.0526. The average molecular weight is 374 g/mol. The molecule has 0 aliphatic carbocycles. The molecule has 1 aliphatic rings. The first-order valence-corrected chi connectivity index (χ1v) is 8.11. The Kier molecular flexibility index (Phi) is 5.22. The van der Waals surface area contributed by atoms with Gasteiger partial charge in [-0.25, -0.2) is 9.79 Å². The molecule has 0 spiro atoms. The van der Waals surface area contributed by atoms with Crippen LogP contribution in [0.15, 0.2) is 59.2 Å². The maximum atomic E-state index is 11.9. The topological polar surface area (TPSA) is 47.9 Å². The van der Waals surface area contributed by atoms with Gasteiger partial charge in [-0.3, -0.25) is 0 Å². The molecule has 6 heteroatoms. The minimum Gasteiger partial charge on any atom is -0.497 e. The standard InChI is InChI=1S/C19H13Cl2NO3/c1-24-14-8-5-12(6-9-14)11-16-19(23)25-17(22-16)10-7-13-3-2-4-15(20)18(13)21/h2-11H,1H3/b10-7+,16-11-. The van der Waals surface area contributed by atoms with Crippen molar-refractivity contribution < 1.29 is 14.3 Å². The first kappa shape index (κ1) is 17.3. The lowest BCUT2D eigenvalue weighted by Gasteiger charge is -1.99. The van der Waals surface area contributed by atoms with Gasteiger partial charge in [0, 0.05) is 6.08 Å². The fourth-order valence-electron chi connectivity index (χ4n) is 2.17. The van der Waals surface area contributed by atoms with E-state index >= 15 is 0 Å². The maximum absolute atomic E-state index is 11.9. The summed E-state index contributed by atoms with van der Waals surface area (Å²) >= 11 is 12.1. The number of methoxy groups -OCH3 is 1. The first-order valence-electron chi connectivity index (χ1n) is 7.35. The third-order valence-electron chi connectivity index (χ3n) is 3.44. The van der Waals surface area contributed by atoms with Crippen molar-refractivity contribution >= 4 is 47.2 Å². The van der Waals surface area contributed by atoms with Crippen LogP contribution in [0.4, 0.5) is 0 Å². The Labute approximate surface area is 155 Å². The zero-order valence-electron chi connectivity index (χ0n) is 13.2. The lowest BCUT2D eigenvalue weighted by atomic mass is 10.2. The number of esters is 1. The van der Waals surface area contributed by atoms with Crippen LogP contribution in [0.3, 0.4) is 0 Å². The molecule has 0 N–H and O–H groups in total. The van der Waals surface area contributed by atoms with Crippen molar-refractivity contribution in [2.75, 3.05) is 7.11 Å². The minimum absolute atomic E-state index is 0.195. The van der Waals surface area contributed by atoms with Gasteiger partial charge in [-0.2, -0.15) is 0 Å². The van der Waals surface area contributed by atoms with E-state index in [9.17, 15) is 4.79 Å². The number of hydrogen-bond donors (Lipinski definition) is 0. The van der Waals surface area contributed by atoms with E-state index in [0.29, 0.717) is 15.6 Å². The summed E-state index contributed by atoms with van der Waals surface area (Å²) in [5, 5.41) is 0.883. The van der Waals surface area contributed by atoms with Gasteiger partial charge in [0.15, 0.2) is 5.70 Å². The van der Waals surface area contributed by atoms with Crippen molar-refractivity contribution in [3.05, 3.63) is 75.4 Å². The van der Waals surface area contributed by atoms with Crippen LogP contribution in [0, 0.1) is 0 Å². The normalized spacial score (nSPS) is 15.6. The molecule has 0 saturated heterocycles. The van der Waals surface area contributed by atoms with Crippen LogP contribution in [0.5, 0.6) is 5.75 Å². The summed E-state index contributed by atoms with van der Waals surface area (Å²) in [7, 11) is 1.59. The van der Waals surface area contributed by atoms with Gasteiger partial charge in [0.2, 0.25) is 5.90 Å². The van der Waals surface area contributed by atoms with E-state index in [1.165, 1.54) is 0 Å². The van der Waals surface area contributed by atoms with Crippen LogP contribution >= 0.6 is 23.2 Å². The van der Waals surface area contributed by atoms with Crippen molar-refractivity contribution in [2.45, 2.75) is 0 Å². The Morgan fingerprint density at radius 3 is 2.56 bits per heavy atom. The van der Waals surface area contributed by atoms with Crippen molar-refractivity contribution in [1.82, 2.24) is 0 Å². The van der Waals surface area contributed by atoms with Crippen molar-refractivity contribution in [2.24, 2.45) is 4.99 Å². The summed E-state index contributed by atoms with van der Waals surface area (Å²) in [4.78, 5) is 16.1. The number of aliphatic imine (C=N–C) groups is 1. The summed E-state index contributed by atoms with van der Waals surface area (Å²) in [5.41, 5.74) is 1.75. The molecule has 0 fully saturated rings. The summed E-state index contributed by atoms with van der Waals surface area (Å²) in [6.07, 6.45) is 4.91. The van der Waals surface area contributed by atoms with Crippen LogP contribution in [-0.4, -0.2) is 19.0 Å². The first-order chi connectivity index (χ1) is 12.1. The van der Waals surface area contributed by atoms with Gasteiger partial charge in [-0.05, 0) is 41.5 Å². The Bertz CT molecular complexity index is 899. The van der Waals surface area contributed by atoms with E-state index in [-0.39, 0.29) is 11.6 Å². The van der Waals surface area contributed by atoms with Crippen LogP contribution < -0.4 is 4.74 Å². The molecule has 0 bridgehead atoms. The zero-order valence-corrected chi connectivity index (χ0v) is 14.7. The van der Waals surface area contributed by atoms with Gasteiger partial charge in [-0.15, -0.1) is 0 Å². The summed E-state index contributed by atoms with van der Waals surface area (Å²) in [6, 6.07) is 12.5. The molecule has 0 radical (unpaired) electrons. The largest absolute Gasteiger partial charge is 0.497 e. The Morgan fingerprint density at radius 1 is 1.08 bits per heavy atom. The average Bonchev–Trinajstić information content (AvgIpc) is 2.96. The number of rotatable bonds is 4. The number of hydrogen-bond acceptors (Lipinski definition) is 4. The lowest BCUT2D eigenvalue weighted by molar-refractivity contribution is -0.129. The van der Waals surface area contributed by atoms with Crippen LogP contribution in [-0.2, 0) is 9.53 Å². The summed E-state index contributed by atoms with van der Waals surface area (Å²) < 4.78 is 10.2. The predicted molar refractivity (Wildman–Crippen MR) is 100.0 cm³/mol. The second-order valence-corrected chi connectivity index (χ2v) is 5.90. The third-order valence-corrected chi connectivity index (χ3v) is 4.28. The molecule has 4 nitrogen and oxygen atoms in total. The van der Waals surface area contributed by atoms with E-state index < -0.39 is 5.97 Å². The molecular weight excluding hydrogens is 361 g/mol. The van der Waals surface area contributed by atoms with E-state index in [0.717, 1.165) is 11.3 Å². The van der Waals surface area contributed by atoms with Gasteiger partial charge >= 0.3 is 5.97 Å². The highest BCUT2D eigenvalue weighted by molar-refractivity contribution is 6.42. The Balaban J connectivity index is 1.81. The van der Waals surface area contributed by atoms with Gasteiger partial charge < -0.3 is 9.47 Å². The van der Waals surface area contributed by atoms with Crippen LogP contribution in [0.25, 0.3) is 12.2 Å². The number of cyclic esters (lactones) is 1. The molecule has 0 aromatic heterocycles. The molecule has 126 valence electrons. The van der Waals surface area contributed by atoms with Crippen molar-refractivity contribution in [3.63, 3.8) is 0 Å². The molecule has 3 rings (SSSR count).